The molecule has 6 nitrogen and oxygen atoms in total. The molecule has 6 heteroatoms. The maximum Gasteiger partial charge on any atom is 0.238 e. The first kappa shape index (κ1) is 8.44. The summed E-state index contributed by atoms with van der Waals surface area (Å²) in [4.78, 5) is 10.9. The third kappa shape index (κ3) is 1.61. The highest BCUT2D eigenvalue weighted by Gasteiger charge is 2.09. The van der Waals surface area contributed by atoms with Gasteiger partial charge >= 0.3 is 0 Å². The molecule has 0 fully saturated rings. The van der Waals surface area contributed by atoms with Crippen molar-refractivity contribution in [3.63, 3.8) is 0 Å². The monoisotopic (exact) mass is 189 g/mol. The maximum absolute atomic E-state index is 8.36. The van der Waals surface area contributed by atoms with Gasteiger partial charge in [0.25, 0.3) is 0 Å². The van der Waals surface area contributed by atoms with Crippen LogP contribution in [0.2, 0.25) is 0 Å². The number of nitrogens with zero attached hydrogens (tertiary/aromatic N) is 4. The average molecular weight is 189 g/mol. The van der Waals surface area contributed by atoms with Gasteiger partial charge in [0, 0.05) is 25.2 Å². The van der Waals surface area contributed by atoms with E-state index in [0.29, 0.717) is 30.4 Å². The predicted molar refractivity (Wildman–Crippen MR) is 45.8 cm³/mol. The Bertz CT molecular complexity index is 438. The number of imidazole rings is 1. The number of H-pyrrole nitrogens is 1. The second kappa shape index (κ2) is 3.70. The second-order valence-corrected chi connectivity index (χ2v) is 2.61. The van der Waals surface area contributed by atoms with Gasteiger partial charge in [-0.05, 0) is 0 Å². The Morgan fingerprint density at radius 2 is 2.50 bits per heavy atom. The molecule has 0 amide bonds. The lowest BCUT2D eigenvalue weighted by Gasteiger charge is -1.83. The molecule has 0 atom stereocenters. The van der Waals surface area contributed by atoms with E-state index in [-0.39, 0.29) is 0 Å². The van der Waals surface area contributed by atoms with Gasteiger partial charge in [0.05, 0.1) is 6.07 Å². The summed E-state index contributed by atoms with van der Waals surface area (Å²) in [5, 5.41) is 12.1. The Balaban J connectivity index is 2.15. The first-order valence-electron chi connectivity index (χ1n) is 4.09. The summed E-state index contributed by atoms with van der Waals surface area (Å²) < 4.78 is 4.92. The van der Waals surface area contributed by atoms with Crippen LogP contribution >= 0.6 is 0 Å². The lowest BCUT2D eigenvalue weighted by atomic mass is 10.3. The van der Waals surface area contributed by atoms with Crippen LogP contribution in [-0.4, -0.2) is 20.1 Å². The summed E-state index contributed by atoms with van der Waals surface area (Å²) in [6, 6.07) is 2.01. The molecule has 0 aliphatic carbocycles. The fourth-order valence-electron chi connectivity index (χ4n) is 1.00. The van der Waals surface area contributed by atoms with Gasteiger partial charge in [0.15, 0.2) is 5.82 Å². The molecule has 1 N–H and O–H groups in total. The Hall–Kier alpha value is -2.16. The predicted octanol–water partition coefficient (Wildman–Crippen LogP) is 0.916. The minimum atomic E-state index is 0.375. The summed E-state index contributed by atoms with van der Waals surface area (Å²) in [5.41, 5.74) is 0. The molecular formula is C8H7N5O. The first-order chi connectivity index (χ1) is 6.90. The molecule has 14 heavy (non-hydrogen) atoms. The minimum Gasteiger partial charge on any atom is -0.342 e. The van der Waals surface area contributed by atoms with E-state index < -0.39 is 0 Å². The van der Waals surface area contributed by atoms with Crippen LogP contribution in [0.15, 0.2) is 16.9 Å². The number of nitriles is 1. The normalized spacial score (nSPS) is 9.93. The van der Waals surface area contributed by atoms with Crippen molar-refractivity contribution in [2.45, 2.75) is 12.8 Å². The molecule has 0 radical (unpaired) electrons. The summed E-state index contributed by atoms with van der Waals surface area (Å²) >= 11 is 0. The molecule has 0 aliphatic rings. The van der Waals surface area contributed by atoms with Crippen LogP contribution < -0.4 is 0 Å². The molecule has 0 unspecified atom stereocenters. The SMILES string of the molecule is N#CCCc1nc(-c2ncc[nH]2)no1. The van der Waals surface area contributed by atoms with Crippen molar-refractivity contribution in [3.05, 3.63) is 18.3 Å². The molecule has 2 heterocycles. The molecule has 2 rings (SSSR count). The number of aryl methyl sites for hydroxylation is 1. The maximum atomic E-state index is 8.36. The zero-order chi connectivity index (χ0) is 9.80. The molecule has 2 aromatic rings. The Morgan fingerprint density at radius 3 is 3.21 bits per heavy atom. The Morgan fingerprint density at radius 1 is 1.57 bits per heavy atom. The second-order valence-electron chi connectivity index (χ2n) is 2.61. The van der Waals surface area contributed by atoms with Gasteiger partial charge in [-0.3, -0.25) is 0 Å². The molecule has 0 aliphatic heterocycles. The number of hydrogen-bond donors (Lipinski definition) is 1. The lowest BCUT2D eigenvalue weighted by molar-refractivity contribution is 0.379. The van der Waals surface area contributed by atoms with Crippen LogP contribution in [0.5, 0.6) is 0 Å². The van der Waals surface area contributed by atoms with Crippen molar-refractivity contribution in [2.75, 3.05) is 0 Å². The Labute approximate surface area is 79.6 Å². The van der Waals surface area contributed by atoms with Crippen LogP contribution in [0.1, 0.15) is 12.3 Å². The fourth-order valence-corrected chi connectivity index (χ4v) is 1.00. The van der Waals surface area contributed by atoms with E-state index in [1.807, 2.05) is 6.07 Å². The third-order valence-corrected chi connectivity index (χ3v) is 1.63. The lowest BCUT2D eigenvalue weighted by Crippen LogP contribution is -1.85. The molecule has 0 saturated heterocycles. The van der Waals surface area contributed by atoms with Gasteiger partial charge in [0.2, 0.25) is 11.7 Å². The van der Waals surface area contributed by atoms with Crippen molar-refractivity contribution >= 4 is 0 Å². The number of nitrogens with one attached hydrogen (secondary N) is 1. The number of rotatable bonds is 3. The topological polar surface area (TPSA) is 91.4 Å². The summed E-state index contributed by atoms with van der Waals surface area (Å²) in [7, 11) is 0. The van der Waals surface area contributed by atoms with Crippen molar-refractivity contribution in [1.29, 1.82) is 5.26 Å². The molecule has 70 valence electrons. The van der Waals surface area contributed by atoms with Gasteiger partial charge in [-0.15, -0.1) is 0 Å². The largest absolute Gasteiger partial charge is 0.342 e. The standard InChI is InChI=1S/C8H7N5O/c9-3-1-2-6-12-8(13-14-6)7-10-4-5-11-7/h4-5H,1-2H2,(H,10,11). The average Bonchev–Trinajstić information content (AvgIpc) is 2.85. The molecule has 0 bridgehead atoms. The van der Waals surface area contributed by atoms with E-state index in [9.17, 15) is 0 Å². The third-order valence-electron chi connectivity index (χ3n) is 1.63. The van der Waals surface area contributed by atoms with Gasteiger partial charge in [-0.1, -0.05) is 5.16 Å². The minimum absolute atomic E-state index is 0.375. The van der Waals surface area contributed by atoms with Gasteiger partial charge in [0.1, 0.15) is 0 Å². The van der Waals surface area contributed by atoms with E-state index in [4.69, 9.17) is 9.78 Å². The van der Waals surface area contributed by atoms with Crippen LogP contribution in [-0.2, 0) is 6.42 Å². The molecule has 0 saturated carbocycles. The Kier molecular flexibility index (Phi) is 2.23. The van der Waals surface area contributed by atoms with E-state index >= 15 is 0 Å². The number of aromatic amines is 1. The van der Waals surface area contributed by atoms with E-state index in [1.165, 1.54) is 0 Å². The molecular weight excluding hydrogens is 182 g/mol. The zero-order valence-electron chi connectivity index (χ0n) is 7.27. The summed E-state index contributed by atoms with van der Waals surface area (Å²) in [6.45, 7) is 0. The van der Waals surface area contributed by atoms with Crippen molar-refractivity contribution < 1.29 is 4.52 Å². The number of aromatic nitrogens is 4. The molecule has 2 aromatic heterocycles. The van der Waals surface area contributed by atoms with Crippen LogP contribution in [0.4, 0.5) is 0 Å². The van der Waals surface area contributed by atoms with Gasteiger partial charge < -0.3 is 9.51 Å². The van der Waals surface area contributed by atoms with Crippen molar-refractivity contribution in [3.8, 4) is 17.7 Å². The quantitative estimate of drug-likeness (QED) is 0.774. The first-order valence-corrected chi connectivity index (χ1v) is 4.09. The van der Waals surface area contributed by atoms with Gasteiger partial charge in [-0.2, -0.15) is 10.2 Å². The van der Waals surface area contributed by atoms with Crippen LogP contribution in [0, 0.1) is 11.3 Å². The highest BCUT2D eigenvalue weighted by atomic mass is 16.5. The van der Waals surface area contributed by atoms with Crippen LogP contribution in [0.25, 0.3) is 11.6 Å². The van der Waals surface area contributed by atoms with Crippen molar-refractivity contribution in [2.24, 2.45) is 0 Å². The van der Waals surface area contributed by atoms with Crippen molar-refractivity contribution in [1.82, 2.24) is 20.1 Å². The molecule has 0 spiro atoms. The zero-order valence-corrected chi connectivity index (χ0v) is 7.27. The highest BCUT2D eigenvalue weighted by Crippen LogP contribution is 2.10. The van der Waals surface area contributed by atoms with E-state index in [0.717, 1.165) is 0 Å². The highest BCUT2D eigenvalue weighted by molar-refractivity contribution is 5.40. The molecule has 0 aromatic carbocycles. The van der Waals surface area contributed by atoms with Gasteiger partial charge in [-0.25, -0.2) is 4.98 Å². The summed E-state index contributed by atoms with van der Waals surface area (Å²) in [6.07, 6.45) is 4.14. The van der Waals surface area contributed by atoms with Crippen LogP contribution in [0.3, 0.4) is 0 Å². The van der Waals surface area contributed by atoms with E-state index in [1.54, 1.807) is 12.4 Å². The number of hydrogen-bond acceptors (Lipinski definition) is 5. The smallest absolute Gasteiger partial charge is 0.238 e. The summed E-state index contributed by atoms with van der Waals surface area (Å²) in [5.74, 6) is 1.44. The fraction of sp³-hybridized carbons (Fsp3) is 0.250. The van der Waals surface area contributed by atoms with E-state index in [2.05, 4.69) is 20.1 Å².